The largest absolute Gasteiger partial charge is 0.272 e. The summed E-state index contributed by atoms with van der Waals surface area (Å²) in [5, 5.41) is 10.8. The molecule has 0 aromatic heterocycles. The van der Waals surface area contributed by atoms with Crippen LogP contribution in [0.5, 0.6) is 0 Å². The van der Waals surface area contributed by atoms with Gasteiger partial charge in [-0.2, -0.15) is 0 Å². The van der Waals surface area contributed by atoms with Gasteiger partial charge in [0.05, 0.1) is 9.82 Å². The summed E-state index contributed by atoms with van der Waals surface area (Å²) in [5.41, 5.74) is 0.678. The fraction of sp³-hybridized carbons (Fsp3) is 0.133. The molecule has 1 amide bonds. The summed E-state index contributed by atoms with van der Waals surface area (Å²) < 4.78 is 26.5. The number of hydrogen-bond acceptors (Lipinski definition) is 5. The zero-order valence-electron chi connectivity index (χ0n) is 12.4. The average molecular weight is 334 g/mol. The number of nitrogens with zero attached hydrogens (tertiary/aromatic N) is 1. The summed E-state index contributed by atoms with van der Waals surface area (Å²) in [6, 6.07) is 9.93. The number of aryl methyl sites for hydroxylation is 2. The van der Waals surface area contributed by atoms with Gasteiger partial charge < -0.3 is 0 Å². The summed E-state index contributed by atoms with van der Waals surface area (Å²) in [5.74, 6) is -0.841. The highest BCUT2D eigenvalue weighted by Crippen LogP contribution is 2.19. The summed E-state index contributed by atoms with van der Waals surface area (Å²) in [7, 11) is -4.01. The fourth-order valence-electron chi connectivity index (χ4n) is 2.10. The number of carbonyl (C=O) groups is 1. The zero-order chi connectivity index (χ0) is 17.2. The molecule has 2 aromatic rings. The Kier molecular flexibility index (Phi) is 4.46. The van der Waals surface area contributed by atoms with Crippen molar-refractivity contribution in [2.45, 2.75) is 18.7 Å². The Morgan fingerprint density at radius 2 is 1.74 bits per heavy atom. The molecule has 0 saturated heterocycles. The molecule has 0 saturated carbocycles. The van der Waals surface area contributed by atoms with E-state index >= 15 is 0 Å². The van der Waals surface area contributed by atoms with Crippen LogP contribution < -0.4 is 4.72 Å². The molecule has 0 heterocycles. The Bertz CT molecular complexity index is 890. The molecule has 0 unspecified atom stereocenters. The number of carbonyl (C=O) groups excluding carboxylic acids is 1. The van der Waals surface area contributed by atoms with Gasteiger partial charge in [-0.05, 0) is 37.6 Å². The molecule has 0 atom stereocenters. The molecule has 120 valence electrons. The predicted octanol–water partition coefficient (Wildman–Crippen LogP) is 2.33. The number of nitro benzene ring substituents is 1. The number of nitro groups is 1. The molecule has 23 heavy (non-hydrogen) atoms. The van der Waals surface area contributed by atoms with Gasteiger partial charge in [0.25, 0.3) is 21.6 Å². The molecule has 0 fully saturated rings. The first-order chi connectivity index (χ1) is 10.7. The van der Waals surface area contributed by atoms with Crippen LogP contribution in [0.1, 0.15) is 21.5 Å². The number of hydrogen-bond donors (Lipinski definition) is 1. The Labute approximate surface area is 133 Å². The topological polar surface area (TPSA) is 106 Å². The van der Waals surface area contributed by atoms with E-state index in [1.807, 2.05) is 4.72 Å². The number of rotatable bonds is 4. The SMILES string of the molecule is Cc1cc(C(=O)NS(=O)(=O)c2ccccc2C)ccc1[N+](=O)[O-]. The van der Waals surface area contributed by atoms with Crippen molar-refractivity contribution in [3.63, 3.8) is 0 Å². The zero-order valence-corrected chi connectivity index (χ0v) is 13.3. The van der Waals surface area contributed by atoms with Crippen LogP contribution in [0.25, 0.3) is 0 Å². The number of benzene rings is 2. The van der Waals surface area contributed by atoms with Crippen LogP contribution in [0.15, 0.2) is 47.4 Å². The van der Waals surface area contributed by atoms with Gasteiger partial charge in [0.15, 0.2) is 0 Å². The van der Waals surface area contributed by atoms with Crippen molar-refractivity contribution in [3.8, 4) is 0 Å². The van der Waals surface area contributed by atoms with E-state index < -0.39 is 20.9 Å². The van der Waals surface area contributed by atoms with E-state index in [9.17, 15) is 23.3 Å². The normalized spacial score (nSPS) is 11.0. The van der Waals surface area contributed by atoms with Crippen molar-refractivity contribution in [2.75, 3.05) is 0 Å². The third-order valence-electron chi connectivity index (χ3n) is 3.27. The third kappa shape index (κ3) is 3.54. The lowest BCUT2D eigenvalue weighted by atomic mass is 10.1. The van der Waals surface area contributed by atoms with E-state index in [1.165, 1.54) is 31.2 Å². The number of amides is 1. The van der Waals surface area contributed by atoms with E-state index in [4.69, 9.17) is 0 Å². The fourth-order valence-corrected chi connectivity index (χ4v) is 3.32. The lowest BCUT2D eigenvalue weighted by molar-refractivity contribution is -0.385. The minimum Gasteiger partial charge on any atom is -0.268 e. The van der Waals surface area contributed by atoms with Crippen molar-refractivity contribution < 1.29 is 18.1 Å². The van der Waals surface area contributed by atoms with Gasteiger partial charge in [0, 0.05) is 17.2 Å². The molecule has 0 aliphatic heterocycles. The number of nitrogens with one attached hydrogen (secondary N) is 1. The molecule has 1 N–H and O–H groups in total. The molecule has 0 aliphatic carbocycles. The Balaban J connectivity index is 2.30. The second kappa shape index (κ2) is 6.17. The van der Waals surface area contributed by atoms with E-state index in [2.05, 4.69) is 0 Å². The summed E-state index contributed by atoms with van der Waals surface area (Å²) in [4.78, 5) is 22.3. The highest BCUT2D eigenvalue weighted by atomic mass is 32.2. The number of sulfonamides is 1. The third-order valence-corrected chi connectivity index (χ3v) is 4.76. The molecule has 0 aliphatic rings. The minimum absolute atomic E-state index is 0.00647. The van der Waals surface area contributed by atoms with E-state index in [0.717, 1.165) is 0 Å². The molecular formula is C15H14N2O5S. The van der Waals surface area contributed by atoms with Gasteiger partial charge in [0.2, 0.25) is 0 Å². The standard InChI is InChI=1S/C15H14N2O5S/c1-10-5-3-4-6-14(10)23(21,22)16-15(18)12-7-8-13(17(19)20)11(2)9-12/h3-9H,1-2H3,(H,16,18). The Hall–Kier alpha value is -2.74. The van der Waals surface area contributed by atoms with Crippen molar-refractivity contribution in [3.05, 3.63) is 69.3 Å². The predicted molar refractivity (Wildman–Crippen MR) is 83.7 cm³/mol. The van der Waals surface area contributed by atoms with Crippen molar-refractivity contribution in [1.29, 1.82) is 0 Å². The maximum absolute atomic E-state index is 12.3. The van der Waals surface area contributed by atoms with Gasteiger partial charge in [0.1, 0.15) is 0 Å². The summed E-state index contributed by atoms with van der Waals surface area (Å²) >= 11 is 0. The molecule has 2 rings (SSSR count). The highest BCUT2D eigenvalue weighted by molar-refractivity contribution is 7.90. The van der Waals surface area contributed by atoms with Crippen LogP contribution in [0, 0.1) is 24.0 Å². The monoisotopic (exact) mass is 334 g/mol. The molecular weight excluding hydrogens is 320 g/mol. The van der Waals surface area contributed by atoms with Gasteiger partial charge in [-0.15, -0.1) is 0 Å². The van der Waals surface area contributed by atoms with Gasteiger partial charge in [-0.3, -0.25) is 14.9 Å². The van der Waals surface area contributed by atoms with Gasteiger partial charge in [-0.1, -0.05) is 18.2 Å². The molecule has 2 aromatic carbocycles. The average Bonchev–Trinajstić information content (AvgIpc) is 2.46. The van der Waals surface area contributed by atoms with Crippen LogP contribution in [-0.2, 0) is 10.0 Å². The highest BCUT2D eigenvalue weighted by Gasteiger charge is 2.21. The Morgan fingerprint density at radius 1 is 1.09 bits per heavy atom. The van der Waals surface area contributed by atoms with E-state index in [0.29, 0.717) is 5.56 Å². The van der Waals surface area contributed by atoms with Crippen LogP contribution in [0.2, 0.25) is 0 Å². The van der Waals surface area contributed by atoms with E-state index in [1.54, 1.807) is 25.1 Å². The second-order valence-corrected chi connectivity index (χ2v) is 6.61. The van der Waals surface area contributed by atoms with Crippen LogP contribution in [0.3, 0.4) is 0 Å². The van der Waals surface area contributed by atoms with Crippen molar-refractivity contribution >= 4 is 21.6 Å². The summed E-state index contributed by atoms with van der Waals surface area (Å²) in [6.45, 7) is 3.10. The Morgan fingerprint density at radius 3 is 2.30 bits per heavy atom. The maximum atomic E-state index is 12.3. The summed E-state index contributed by atoms with van der Waals surface area (Å²) in [6.07, 6.45) is 0. The lowest BCUT2D eigenvalue weighted by Crippen LogP contribution is -2.31. The molecule has 0 spiro atoms. The first kappa shape index (κ1) is 16.6. The molecule has 7 nitrogen and oxygen atoms in total. The smallest absolute Gasteiger partial charge is 0.268 e. The van der Waals surface area contributed by atoms with Gasteiger partial charge in [-0.25, -0.2) is 13.1 Å². The van der Waals surface area contributed by atoms with Crippen LogP contribution >= 0.6 is 0 Å². The lowest BCUT2D eigenvalue weighted by Gasteiger charge is -2.09. The first-order valence-electron chi connectivity index (χ1n) is 6.60. The molecule has 0 radical (unpaired) electrons. The van der Waals surface area contributed by atoms with Crippen LogP contribution in [-0.4, -0.2) is 19.2 Å². The minimum atomic E-state index is -4.01. The van der Waals surface area contributed by atoms with Crippen molar-refractivity contribution in [2.24, 2.45) is 0 Å². The van der Waals surface area contributed by atoms with Gasteiger partial charge >= 0.3 is 0 Å². The van der Waals surface area contributed by atoms with E-state index in [-0.39, 0.29) is 21.7 Å². The van der Waals surface area contributed by atoms with Crippen molar-refractivity contribution in [1.82, 2.24) is 4.72 Å². The molecule has 0 bridgehead atoms. The maximum Gasteiger partial charge on any atom is 0.272 e. The second-order valence-electron chi connectivity index (χ2n) is 4.96. The first-order valence-corrected chi connectivity index (χ1v) is 8.08. The molecule has 8 heteroatoms. The van der Waals surface area contributed by atoms with Crippen LogP contribution in [0.4, 0.5) is 5.69 Å². The quantitative estimate of drug-likeness (QED) is 0.682.